The minimum atomic E-state index is 0.0737. The van der Waals surface area contributed by atoms with E-state index in [-0.39, 0.29) is 5.91 Å². The van der Waals surface area contributed by atoms with Gasteiger partial charge in [0.25, 0.3) is 0 Å². The van der Waals surface area contributed by atoms with Crippen molar-refractivity contribution in [2.75, 3.05) is 13.1 Å². The number of carbonyl (C=O) groups excluding carboxylic acids is 1. The predicted molar refractivity (Wildman–Crippen MR) is 66.3 cm³/mol. The monoisotopic (exact) mass is 220 g/mol. The highest BCUT2D eigenvalue weighted by Gasteiger charge is 2.02. The Labute approximate surface area is 97.0 Å². The number of rotatable bonds is 5. The molecule has 3 N–H and O–H groups in total. The third-order valence-corrected chi connectivity index (χ3v) is 2.39. The molecular weight excluding hydrogens is 200 g/mol. The van der Waals surface area contributed by atoms with E-state index in [9.17, 15) is 4.79 Å². The van der Waals surface area contributed by atoms with Crippen molar-refractivity contribution in [1.29, 1.82) is 0 Å². The van der Waals surface area contributed by atoms with Crippen molar-refractivity contribution in [2.45, 2.75) is 26.7 Å². The van der Waals surface area contributed by atoms with Crippen LogP contribution in [0.15, 0.2) is 18.2 Å². The summed E-state index contributed by atoms with van der Waals surface area (Å²) in [5, 5.41) is 2.77. The van der Waals surface area contributed by atoms with Crippen molar-refractivity contribution in [3.05, 3.63) is 34.9 Å². The number of aryl methyl sites for hydroxylation is 3. The fourth-order valence-electron chi connectivity index (χ4n) is 1.77. The fraction of sp³-hybridized carbons (Fsp3) is 0.462. The second-order valence-corrected chi connectivity index (χ2v) is 4.13. The van der Waals surface area contributed by atoms with E-state index < -0.39 is 0 Å². The van der Waals surface area contributed by atoms with Gasteiger partial charge in [-0.1, -0.05) is 29.3 Å². The molecule has 0 fully saturated rings. The van der Waals surface area contributed by atoms with E-state index in [4.69, 9.17) is 5.73 Å². The summed E-state index contributed by atoms with van der Waals surface area (Å²) in [7, 11) is 0. The average molecular weight is 220 g/mol. The van der Waals surface area contributed by atoms with Gasteiger partial charge in [0.05, 0.1) is 0 Å². The smallest absolute Gasteiger partial charge is 0.220 e. The van der Waals surface area contributed by atoms with Crippen molar-refractivity contribution >= 4 is 5.91 Å². The lowest BCUT2D eigenvalue weighted by Crippen LogP contribution is -2.29. The predicted octanol–water partition coefficient (Wildman–Crippen LogP) is 1.31. The Balaban J connectivity index is 2.45. The van der Waals surface area contributed by atoms with E-state index in [1.165, 1.54) is 16.7 Å². The standard InChI is InChI=1S/C13H20N2O/c1-10-7-11(2)9-12(8-10)3-4-13(16)15-6-5-14/h7-9H,3-6,14H2,1-2H3,(H,15,16). The van der Waals surface area contributed by atoms with Gasteiger partial charge < -0.3 is 11.1 Å². The molecule has 1 rings (SSSR count). The summed E-state index contributed by atoms with van der Waals surface area (Å²) in [6.45, 7) is 5.21. The van der Waals surface area contributed by atoms with Gasteiger partial charge in [-0.25, -0.2) is 0 Å². The zero-order valence-corrected chi connectivity index (χ0v) is 10.0. The van der Waals surface area contributed by atoms with Crippen LogP contribution in [0, 0.1) is 13.8 Å². The molecular formula is C13H20N2O. The van der Waals surface area contributed by atoms with Gasteiger partial charge in [-0.15, -0.1) is 0 Å². The van der Waals surface area contributed by atoms with Gasteiger partial charge in [-0.3, -0.25) is 4.79 Å². The highest BCUT2D eigenvalue weighted by molar-refractivity contribution is 5.76. The first-order valence-electron chi connectivity index (χ1n) is 5.66. The van der Waals surface area contributed by atoms with Crippen LogP contribution in [0.2, 0.25) is 0 Å². The zero-order valence-electron chi connectivity index (χ0n) is 10.0. The van der Waals surface area contributed by atoms with Gasteiger partial charge in [-0.2, -0.15) is 0 Å². The molecule has 0 unspecified atom stereocenters. The molecule has 0 bridgehead atoms. The number of carbonyl (C=O) groups is 1. The number of hydrogen-bond donors (Lipinski definition) is 2. The molecule has 1 aromatic rings. The molecule has 0 aliphatic heterocycles. The Hall–Kier alpha value is -1.35. The summed E-state index contributed by atoms with van der Waals surface area (Å²) < 4.78 is 0. The van der Waals surface area contributed by atoms with Crippen molar-refractivity contribution in [2.24, 2.45) is 5.73 Å². The van der Waals surface area contributed by atoms with E-state index in [2.05, 4.69) is 37.4 Å². The SMILES string of the molecule is Cc1cc(C)cc(CCC(=O)NCCN)c1. The van der Waals surface area contributed by atoms with Crippen LogP contribution in [-0.4, -0.2) is 19.0 Å². The largest absolute Gasteiger partial charge is 0.355 e. The fourth-order valence-corrected chi connectivity index (χ4v) is 1.77. The number of benzene rings is 1. The van der Waals surface area contributed by atoms with Gasteiger partial charge in [-0.05, 0) is 25.8 Å². The summed E-state index contributed by atoms with van der Waals surface area (Å²) in [6, 6.07) is 6.39. The van der Waals surface area contributed by atoms with Gasteiger partial charge >= 0.3 is 0 Å². The molecule has 0 radical (unpaired) electrons. The van der Waals surface area contributed by atoms with Crippen LogP contribution >= 0.6 is 0 Å². The van der Waals surface area contributed by atoms with E-state index in [0.717, 1.165) is 6.42 Å². The highest BCUT2D eigenvalue weighted by Crippen LogP contribution is 2.10. The Morgan fingerprint density at radius 2 is 1.88 bits per heavy atom. The highest BCUT2D eigenvalue weighted by atomic mass is 16.1. The zero-order chi connectivity index (χ0) is 12.0. The molecule has 0 saturated carbocycles. The molecule has 88 valence electrons. The lowest BCUT2D eigenvalue weighted by atomic mass is 10.0. The molecule has 1 amide bonds. The van der Waals surface area contributed by atoms with E-state index >= 15 is 0 Å². The van der Waals surface area contributed by atoms with Gasteiger partial charge in [0.15, 0.2) is 0 Å². The number of hydrogen-bond acceptors (Lipinski definition) is 2. The third-order valence-electron chi connectivity index (χ3n) is 2.39. The lowest BCUT2D eigenvalue weighted by molar-refractivity contribution is -0.120. The molecule has 0 spiro atoms. The maximum atomic E-state index is 11.4. The van der Waals surface area contributed by atoms with Crippen LogP contribution in [-0.2, 0) is 11.2 Å². The van der Waals surface area contributed by atoms with Crippen molar-refractivity contribution in [3.63, 3.8) is 0 Å². The normalized spacial score (nSPS) is 10.2. The molecule has 0 saturated heterocycles. The van der Waals surface area contributed by atoms with E-state index in [1.807, 2.05) is 0 Å². The Kier molecular flexibility index (Phi) is 4.99. The summed E-state index contributed by atoms with van der Waals surface area (Å²) in [6.07, 6.45) is 1.32. The van der Waals surface area contributed by atoms with Gasteiger partial charge in [0, 0.05) is 19.5 Å². The first kappa shape index (κ1) is 12.7. The topological polar surface area (TPSA) is 55.1 Å². The summed E-state index contributed by atoms with van der Waals surface area (Å²) in [5.41, 5.74) is 9.03. The maximum absolute atomic E-state index is 11.4. The van der Waals surface area contributed by atoms with Crippen molar-refractivity contribution in [3.8, 4) is 0 Å². The van der Waals surface area contributed by atoms with Gasteiger partial charge in [0.2, 0.25) is 5.91 Å². The third kappa shape index (κ3) is 4.45. The molecule has 0 heterocycles. The molecule has 0 atom stereocenters. The van der Waals surface area contributed by atoms with Crippen molar-refractivity contribution in [1.82, 2.24) is 5.32 Å². The molecule has 1 aromatic carbocycles. The summed E-state index contributed by atoms with van der Waals surface area (Å²) in [4.78, 5) is 11.4. The minimum absolute atomic E-state index is 0.0737. The molecule has 3 heteroatoms. The van der Waals surface area contributed by atoms with Crippen LogP contribution in [0.3, 0.4) is 0 Å². The van der Waals surface area contributed by atoms with Crippen molar-refractivity contribution < 1.29 is 4.79 Å². The van der Waals surface area contributed by atoms with Crippen LogP contribution < -0.4 is 11.1 Å². The second kappa shape index (κ2) is 6.28. The van der Waals surface area contributed by atoms with E-state index in [0.29, 0.717) is 19.5 Å². The Morgan fingerprint density at radius 3 is 2.44 bits per heavy atom. The number of nitrogens with one attached hydrogen (secondary N) is 1. The first-order chi connectivity index (χ1) is 7.61. The van der Waals surface area contributed by atoms with Crippen LogP contribution in [0.5, 0.6) is 0 Å². The van der Waals surface area contributed by atoms with Crippen LogP contribution in [0.25, 0.3) is 0 Å². The number of amides is 1. The maximum Gasteiger partial charge on any atom is 0.220 e. The molecule has 0 aliphatic rings. The van der Waals surface area contributed by atoms with Crippen LogP contribution in [0.4, 0.5) is 0 Å². The van der Waals surface area contributed by atoms with Gasteiger partial charge in [0.1, 0.15) is 0 Å². The minimum Gasteiger partial charge on any atom is -0.355 e. The number of nitrogens with two attached hydrogens (primary N) is 1. The Bertz CT molecular complexity index is 341. The lowest BCUT2D eigenvalue weighted by Gasteiger charge is -2.05. The molecule has 0 aliphatic carbocycles. The van der Waals surface area contributed by atoms with Crippen LogP contribution in [0.1, 0.15) is 23.1 Å². The Morgan fingerprint density at radius 1 is 1.25 bits per heavy atom. The molecule has 16 heavy (non-hydrogen) atoms. The molecule has 0 aromatic heterocycles. The summed E-state index contributed by atoms with van der Waals surface area (Å²) in [5.74, 6) is 0.0737. The van der Waals surface area contributed by atoms with E-state index in [1.54, 1.807) is 0 Å². The second-order valence-electron chi connectivity index (χ2n) is 4.13. The quantitative estimate of drug-likeness (QED) is 0.786. The average Bonchev–Trinajstić information content (AvgIpc) is 2.22. The summed E-state index contributed by atoms with van der Waals surface area (Å²) >= 11 is 0. The molecule has 3 nitrogen and oxygen atoms in total. The first-order valence-corrected chi connectivity index (χ1v) is 5.66.